The zero-order valence-electron chi connectivity index (χ0n) is 40.4. The van der Waals surface area contributed by atoms with Gasteiger partial charge in [-0.15, -0.1) is 0 Å². The van der Waals surface area contributed by atoms with E-state index in [0.717, 1.165) is 36.8 Å². The smallest absolute Gasteiger partial charge is 0.246 e. The maximum absolute atomic E-state index is 14.4. The van der Waals surface area contributed by atoms with Gasteiger partial charge in [-0.1, -0.05) is 102 Å². The third-order valence-electron chi connectivity index (χ3n) is 12.9. The Morgan fingerprint density at radius 3 is 1.25 bits per heavy atom. The van der Waals surface area contributed by atoms with E-state index in [0.29, 0.717) is 52.1 Å². The molecule has 2 aliphatic rings. The molecule has 0 spiro atoms. The fraction of sp³-hybridized carbons (Fsp3) is 0.640. The molecule has 0 aliphatic carbocycles. The summed E-state index contributed by atoms with van der Waals surface area (Å²) in [5.74, 6) is -1.14. The Balaban J connectivity index is 1.53. The second-order valence-electron chi connectivity index (χ2n) is 19.9. The first-order chi connectivity index (χ1) is 30.2. The lowest BCUT2D eigenvalue weighted by molar-refractivity contribution is -0.143. The number of hydrogen-bond acceptors (Lipinski definition) is 8. The topological polar surface area (TPSA) is 163 Å². The highest BCUT2D eigenvalue weighted by atomic mass is 16.2. The molecule has 2 aliphatic heterocycles. The van der Waals surface area contributed by atoms with Crippen molar-refractivity contribution in [2.24, 2.45) is 10.8 Å². The fourth-order valence-corrected chi connectivity index (χ4v) is 8.55. The molecule has 4 rings (SSSR count). The summed E-state index contributed by atoms with van der Waals surface area (Å²) in [6.07, 6.45) is 4.21. The van der Waals surface area contributed by atoms with Gasteiger partial charge in [-0.05, 0) is 88.4 Å². The van der Waals surface area contributed by atoms with E-state index in [4.69, 9.17) is 0 Å². The normalized spacial score (nSPS) is 18.5. The number of likely N-dealkylation sites (N-methyl/N-ethyl adjacent to an activating group) is 2. The van der Waals surface area contributed by atoms with Crippen molar-refractivity contribution < 1.29 is 28.8 Å². The molecule has 2 aromatic rings. The molecule has 6 amide bonds. The maximum Gasteiger partial charge on any atom is 0.246 e. The molecule has 14 nitrogen and oxygen atoms in total. The van der Waals surface area contributed by atoms with Crippen molar-refractivity contribution in [1.82, 2.24) is 40.9 Å². The van der Waals surface area contributed by atoms with Gasteiger partial charge in [-0.2, -0.15) is 0 Å². The van der Waals surface area contributed by atoms with Gasteiger partial charge in [0.2, 0.25) is 35.4 Å². The number of carbonyl (C=O) groups is 6. The molecule has 64 heavy (non-hydrogen) atoms. The predicted molar refractivity (Wildman–Crippen MR) is 252 cm³/mol. The third kappa shape index (κ3) is 14.9. The first-order valence-corrected chi connectivity index (χ1v) is 23.4. The molecular formula is C50H78N8O6. The molecule has 4 N–H and O–H groups in total. The van der Waals surface area contributed by atoms with Crippen LogP contribution < -0.4 is 21.3 Å². The van der Waals surface area contributed by atoms with Gasteiger partial charge in [0.15, 0.2) is 0 Å². The number of benzene rings is 2. The minimum Gasteiger partial charge on any atom is -0.342 e. The van der Waals surface area contributed by atoms with Crippen molar-refractivity contribution in [1.29, 1.82) is 0 Å². The summed E-state index contributed by atoms with van der Waals surface area (Å²) in [4.78, 5) is 90.7. The van der Waals surface area contributed by atoms with Gasteiger partial charge in [0.1, 0.15) is 12.1 Å². The zero-order valence-corrected chi connectivity index (χ0v) is 40.4. The largest absolute Gasteiger partial charge is 0.342 e. The lowest BCUT2D eigenvalue weighted by Crippen LogP contribution is -2.59. The van der Waals surface area contributed by atoms with Gasteiger partial charge >= 0.3 is 0 Å². The Morgan fingerprint density at radius 2 is 0.938 bits per heavy atom. The van der Waals surface area contributed by atoms with E-state index in [1.165, 1.54) is 0 Å². The molecule has 2 heterocycles. The van der Waals surface area contributed by atoms with E-state index < -0.39 is 35.0 Å². The molecule has 0 saturated carbocycles. The Hall–Kier alpha value is -4.82. The van der Waals surface area contributed by atoms with Crippen molar-refractivity contribution in [2.45, 2.75) is 143 Å². The monoisotopic (exact) mass is 887 g/mol. The van der Waals surface area contributed by atoms with Gasteiger partial charge in [-0.25, -0.2) is 0 Å². The van der Waals surface area contributed by atoms with Crippen LogP contribution in [0.2, 0.25) is 0 Å². The molecular weight excluding hydrogens is 809 g/mol. The van der Waals surface area contributed by atoms with Crippen LogP contribution in [-0.2, 0) is 41.6 Å². The van der Waals surface area contributed by atoms with Gasteiger partial charge in [0.05, 0.1) is 12.1 Å². The molecule has 2 fully saturated rings. The Morgan fingerprint density at radius 1 is 0.594 bits per heavy atom. The average Bonchev–Trinajstić information content (AvgIpc) is 3.95. The lowest BCUT2D eigenvalue weighted by atomic mass is 9.85. The van der Waals surface area contributed by atoms with Gasteiger partial charge in [0.25, 0.3) is 0 Å². The van der Waals surface area contributed by atoms with Crippen LogP contribution in [0.4, 0.5) is 0 Å². The summed E-state index contributed by atoms with van der Waals surface area (Å²) < 4.78 is 0. The fourth-order valence-electron chi connectivity index (χ4n) is 8.55. The molecule has 0 aromatic heterocycles. The molecule has 2 saturated heterocycles. The van der Waals surface area contributed by atoms with Crippen molar-refractivity contribution in [3.63, 3.8) is 0 Å². The molecule has 6 atom stereocenters. The standard InChI is InChI=1S/C50H78N8O6/c1-35(51-9)45(61)53-43(49(3,4)5)47(63)57-29-17-23-39(57)33-55(31-27-37-19-13-11-14-20-37)41(59)25-26-42(60)56(32-28-38-21-15-12-16-22-38)34-40-24-18-30-58(40)48(64)44(50(6,7)8)54-46(62)36(2)52-10/h11-16,19-22,35-36,39-40,43-44,51-52H,17-18,23-34H2,1-10H3,(H,53,61)(H,54,62)/t35-,36-,39-,40+,43+,44+/m0/s1. The minimum absolute atomic E-state index is 0.00615. The van der Waals surface area contributed by atoms with Crippen molar-refractivity contribution >= 4 is 35.4 Å². The highest BCUT2D eigenvalue weighted by molar-refractivity contribution is 5.91. The van der Waals surface area contributed by atoms with Crippen LogP contribution >= 0.6 is 0 Å². The number of nitrogens with one attached hydrogen (secondary N) is 4. The van der Waals surface area contributed by atoms with Crippen LogP contribution in [-0.4, -0.2) is 145 Å². The van der Waals surface area contributed by atoms with Crippen molar-refractivity contribution in [3.8, 4) is 0 Å². The van der Waals surface area contributed by atoms with Crippen LogP contribution in [0.15, 0.2) is 60.7 Å². The van der Waals surface area contributed by atoms with E-state index in [1.54, 1.807) is 27.9 Å². The summed E-state index contributed by atoms with van der Waals surface area (Å²) in [5, 5.41) is 11.9. The number of nitrogens with zero attached hydrogens (tertiary/aromatic N) is 4. The van der Waals surface area contributed by atoms with E-state index in [2.05, 4.69) is 21.3 Å². The zero-order chi connectivity index (χ0) is 47.2. The quantitative estimate of drug-likeness (QED) is 0.145. The summed E-state index contributed by atoms with van der Waals surface area (Å²) in [6.45, 7) is 17.7. The Labute approximate surface area is 383 Å². The second-order valence-corrected chi connectivity index (χ2v) is 19.9. The van der Waals surface area contributed by atoms with Crippen molar-refractivity contribution in [3.05, 3.63) is 71.8 Å². The van der Waals surface area contributed by atoms with Crippen molar-refractivity contribution in [2.75, 3.05) is 53.4 Å². The molecule has 0 radical (unpaired) electrons. The molecule has 14 heteroatoms. The second kappa shape index (κ2) is 23.9. The van der Waals surface area contributed by atoms with Crippen LogP contribution in [0.5, 0.6) is 0 Å². The third-order valence-corrected chi connectivity index (χ3v) is 12.9. The first-order valence-electron chi connectivity index (χ1n) is 23.4. The van der Waals surface area contributed by atoms with E-state index >= 15 is 0 Å². The highest BCUT2D eigenvalue weighted by Gasteiger charge is 2.42. The van der Waals surface area contributed by atoms with Crippen LogP contribution in [0.1, 0.15) is 105 Å². The average molecular weight is 887 g/mol. The summed E-state index contributed by atoms with van der Waals surface area (Å²) in [6, 6.07) is 17.0. The van der Waals surface area contributed by atoms with E-state index in [-0.39, 0.29) is 60.4 Å². The van der Waals surface area contributed by atoms with Gasteiger partial charge in [0, 0.05) is 64.2 Å². The SMILES string of the molecule is CN[C@@H](C)C(=O)N[C@H](C(=O)N1CCC[C@@H]1CN(CCc1ccccc1)C(=O)CCC(=O)N(CCc1ccccc1)C[C@@H]1CCCN1C(=O)[C@@H](NC(=O)[C@H](C)NC)C(C)(C)C)C(C)(C)C. The van der Waals surface area contributed by atoms with E-state index in [9.17, 15) is 28.8 Å². The number of rotatable bonds is 21. The Bertz CT molecular complexity index is 1710. The number of amides is 6. The maximum atomic E-state index is 14.4. The molecule has 354 valence electrons. The summed E-state index contributed by atoms with van der Waals surface area (Å²) >= 11 is 0. The molecule has 2 aromatic carbocycles. The highest BCUT2D eigenvalue weighted by Crippen LogP contribution is 2.28. The first kappa shape index (κ1) is 51.8. The lowest BCUT2D eigenvalue weighted by Gasteiger charge is -2.38. The predicted octanol–water partition coefficient (Wildman–Crippen LogP) is 4.17. The number of likely N-dealkylation sites (tertiary alicyclic amines) is 2. The molecule has 0 bridgehead atoms. The Kier molecular flexibility index (Phi) is 19.4. The van der Waals surface area contributed by atoms with Crippen LogP contribution in [0.25, 0.3) is 0 Å². The summed E-state index contributed by atoms with van der Waals surface area (Å²) in [5.41, 5.74) is 1.05. The van der Waals surface area contributed by atoms with Crippen LogP contribution in [0, 0.1) is 10.8 Å². The minimum atomic E-state index is -0.754. The summed E-state index contributed by atoms with van der Waals surface area (Å²) in [7, 11) is 3.41. The van der Waals surface area contributed by atoms with Gasteiger partial charge in [-0.3, -0.25) is 28.8 Å². The van der Waals surface area contributed by atoms with Crippen LogP contribution in [0.3, 0.4) is 0 Å². The van der Waals surface area contributed by atoms with Gasteiger partial charge < -0.3 is 40.9 Å². The number of hydrogen-bond donors (Lipinski definition) is 4. The molecule has 0 unspecified atom stereocenters. The van der Waals surface area contributed by atoms with E-state index in [1.807, 2.05) is 122 Å². The number of carbonyl (C=O) groups excluding carboxylic acids is 6.